The molecule has 0 radical (unpaired) electrons. The lowest BCUT2D eigenvalue weighted by Gasteiger charge is -2.25. The predicted molar refractivity (Wildman–Crippen MR) is 118 cm³/mol. The molecule has 7 heteroatoms. The molecule has 2 heterocycles. The second-order valence-corrected chi connectivity index (χ2v) is 8.51. The number of hydrogen-bond acceptors (Lipinski definition) is 5. The van der Waals surface area contributed by atoms with E-state index in [2.05, 4.69) is 48.3 Å². The zero-order valence-corrected chi connectivity index (χ0v) is 18.4. The molecule has 30 heavy (non-hydrogen) atoms. The van der Waals surface area contributed by atoms with Gasteiger partial charge in [0.25, 0.3) is 0 Å². The molecule has 2 aromatic carbocycles. The molecule has 1 aromatic heterocycles. The topological polar surface area (TPSA) is 60.2 Å². The number of carbonyl (C=O) groups is 1. The Bertz CT molecular complexity index is 1050. The normalized spacial score (nSPS) is 16.1. The van der Waals surface area contributed by atoms with Gasteiger partial charge in [-0.25, -0.2) is 0 Å². The predicted octanol–water partition coefficient (Wildman–Crippen LogP) is 4.35. The van der Waals surface area contributed by atoms with Gasteiger partial charge in [-0.15, -0.1) is 10.2 Å². The van der Waals surface area contributed by atoms with E-state index in [1.54, 1.807) is 13.4 Å². The molecule has 1 aliphatic rings. The summed E-state index contributed by atoms with van der Waals surface area (Å²) in [6.45, 7) is 4.96. The van der Waals surface area contributed by atoms with Crippen LogP contribution in [0.5, 0.6) is 5.75 Å². The minimum absolute atomic E-state index is 0.103. The van der Waals surface area contributed by atoms with E-state index in [-0.39, 0.29) is 11.9 Å². The van der Waals surface area contributed by atoms with E-state index in [4.69, 9.17) is 4.74 Å². The quantitative estimate of drug-likeness (QED) is 0.553. The average molecular weight is 423 g/mol. The molecule has 0 saturated carbocycles. The van der Waals surface area contributed by atoms with Gasteiger partial charge in [0.05, 0.1) is 18.9 Å². The van der Waals surface area contributed by atoms with Gasteiger partial charge in [0.1, 0.15) is 12.1 Å². The molecular formula is C23H26N4O2S. The lowest BCUT2D eigenvalue weighted by molar-refractivity contribution is -0.129. The Kier molecular flexibility index (Phi) is 6.08. The summed E-state index contributed by atoms with van der Waals surface area (Å²) in [7, 11) is 1.67. The van der Waals surface area contributed by atoms with Gasteiger partial charge < -0.3 is 9.64 Å². The Balaban J connectivity index is 1.46. The van der Waals surface area contributed by atoms with Gasteiger partial charge in [-0.2, -0.15) is 0 Å². The van der Waals surface area contributed by atoms with Gasteiger partial charge >= 0.3 is 0 Å². The number of aryl methyl sites for hydroxylation is 2. The molecule has 0 aliphatic carbocycles. The summed E-state index contributed by atoms with van der Waals surface area (Å²) in [4.78, 5) is 15.0. The Morgan fingerprint density at radius 1 is 1.20 bits per heavy atom. The van der Waals surface area contributed by atoms with E-state index in [0.29, 0.717) is 5.75 Å². The van der Waals surface area contributed by atoms with Crippen molar-refractivity contribution in [2.24, 2.45) is 0 Å². The molecule has 0 bridgehead atoms. The highest BCUT2D eigenvalue weighted by Gasteiger charge is 2.30. The lowest BCUT2D eigenvalue weighted by Crippen LogP contribution is -2.32. The number of carbonyl (C=O) groups excluding carboxylic acids is 1. The van der Waals surface area contributed by atoms with Crippen molar-refractivity contribution < 1.29 is 9.53 Å². The smallest absolute Gasteiger partial charge is 0.233 e. The van der Waals surface area contributed by atoms with Crippen LogP contribution in [0.2, 0.25) is 0 Å². The van der Waals surface area contributed by atoms with E-state index >= 15 is 0 Å². The Morgan fingerprint density at radius 3 is 2.87 bits per heavy atom. The Hall–Kier alpha value is -2.80. The zero-order chi connectivity index (χ0) is 21.1. The molecule has 1 atom stereocenters. The fourth-order valence-corrected chi connectivity index (χ4v) is 4.66. The third-order valence-electron chi connectivity index (χ3n) is 5.66. The van der Waals surface area contributed by atoms with E-state index in [1.165, 1.54) is 22.9 Å². The summed E-state index contributed by atoms with van der Waals surface area (Å²) < 4.78 is 7.29. The number of rotatable bonds is 6. The molecule has 0 spiro atoms. The SMILES string of the molecule is COc1cccc(C2CCCN2C(=O)CSc2nncn2-c2ccc(C)c(C)c2)c1. The van der Waals surface area contributed by atoms with Crippen LogP contribution in [0.3, 0.4) is 0 Å². The molecule has 3 aromatic rings. The van der Waals surface area contributed by atoms with Crippen LogP contribution in [0, 0.1) is 13.8 Å². The van der Waals surface area contributed by atoms with Crippen molar-refractivity contribution in [3.63, 3.8) is 0 Å². The minimum Gasteiger partial charge on any atom is -0.497 e. The first-order chi connectivity index (χ1) is 14.6. The highest BCUT2D eigenvalue weighted by Crippen LogP contribution is 2.34. The highest BCUT2D eigenvalue weighted by atomic mass is 32.2. The Labute approximate surface area is 181 Å². The molecule has 4 rings (SSSR count). The number of amides is 1. The van der Waals surface area contributed by atoms with Crippen molar-refractivity contribution in [2.45, 2.75) is 37.9 Å². The van der Waals surface area contributed by atoms with Crippen LogP contribution in [0.15, 0.2) is 53.9 Å². The second-order valence-electron chi connectivity index (χ2n) is 7.56. The average Bonchev–Trinajstić information content (AvgIpc) is 3.44. The summed E-state index contributed by atoms with van der Waals surface area (Å²) in [6, 6.07) is 14.4. The third kappa shape index (κ3) is 4.21. The maximum absolute atomic E-state index is 13.0. The van der Waals surface area contributed by atoms with Gasteiger partial charge in [-0.05, 0) is 67.6 Å². The van der Waals surface area contributed by atoms with E-state index in [1.807, 2.05) is 27.7 Å². The first-order valence-corrected chi connectivity index (χ1v) is 11.1. The van der Waals surface area contributed by atoms with Gasteiger partial charge in [-0.3, -0.25) is 9.36 Å². The van der Waals surface area contributed by atoms with Crippen LogP contribution < -0.4 is 4.74 Å². The molecule has 1 fully saturated rings. The summed E-state index contributed by atoms with van der Waals surface area (Å²) in [5.41, 5.74) is 4.59. The molecular weight excluding hydrogens is 396 g/mol. The molecule has 1 aliphatic heterocycles. The summed E-state index contributed by atoms with van der Waals surface area (Å²) >= 11 is 1.43. The van der Waals surface area contributed by atoms with E-state index in [0.717, 1.165) is 41.5 Å². The number of methoxy groups -OCH3 is 1. The number of ether oxygens (including phenoxy) is 1. The van der Waals surface area contributed by atoms with Crippen LogP contribution in [0.1, 0.15) is 35.6 Å². The van der Waals surface area contributed by atoms with Crippen molar-refractivity contribution in [2.75, 3.05) is 19.4 Å². The number of benzene rings is 2. The van der Waals surface area contributed by atoms with Crippen molar-refractivity contribution in [1.82, 2.24) is 19.7 Å². The first-order valence-electron chi connectivity index (χ1n) is 10.1. The Morgan fingerprint density at radius 2 is 2.07 bits per heavy atom. The standard InChI is InChI=1S/C23H26N4O2S/c1-16-9-10-19(12-17(16)2)27-15-24-25-23(27)30-14-22(28)26-11-5-8-21(26)18-6-4-7-20(13-18)29-3/h4,6-7,9-10,12-13,15,21H,5,8,11,14H2,1-3H3. The second kappa shape index (κ2) is 8.92. The van der Waals surface area contributed by atoms with Crippen LogP contribution in [0.4, 0.5) is 0 Å². The number of thioether (sulfide) groups is 1. The lowest BCUT2D eigenvalue weighted by atomic mass is 10.0. The number of likely N-dealkylation sites (tertiary alicyclic amines) is 1. The van der Waals surface area contributed by atoms with E-state index < -0.39 is 0 Å². The molecule has 0 N–H and O–H groups in total. The summed E-state index contributed by atoms with van der Waals surface area (Å²) in [5, 5.41) is 9.02. The monoisotopic (exact) mass is 422 g/mol. The molecule has 156 valence electrons. The first kappa shape index (κ1) is 20.5. The number of nitrogens with zero attached hydrogens (tertiary/aromatic N) is 4. The third-order valence-corrected chi connectivity index (χ3v) is 6.59. The maximum Gasteiger partial charge on any atom is 0.233 e. The number of hydrogen-bond donors (Lipinski definition) is 0. The van der Waals surface area contributed by atoms with Gasteiger partial charge in [0.2, 0.25) is 5.91 Å². The maximum atomic E-state index is 13.0. The van der Waals surface area contributed by atoms with Gasteiger partial charge in [0, 0.05) is 12.2 Å². The van der Waals surface area contributed by atoms with Crippen LogP contribution in [-0.4, -0.2) is 45.0 Å². The van der Waals surface area contributed by atoms with Crippen molar-refractivity contribution in [3.8, 4) is 11.4 Å². The molecule has 6 nitrogen and oxygen atoms in total. The zero-order valence-electron chi connectivity index (χ0n) is 17.5. The fourth-order valence-electron chi connectivity index (χ4n) is 3.85. The van der Waals surface area contributed by atoms with E-state index in [9.17, 15) is 4.79 Å². The fraction of sp³-hybridized carbons (Fsp3) is 0.348. The van der Waals surface area contributed by atoms with Crippen molar-refractivity contribution in [1.29, 1.82) is 0 Å². The van der Waals surface area contributed by atoms with Crippen LogP contribution in [0.25, 0.3) is 5.69 Å². The van der Waals surface area contributed by atoms with Crippen LogP contribution >= 0.6 is 11.8 Å². The van der Waals surface area contributed by atoms with Crippen LogP contribution in [-0.2, 0) is 4.79 Å². The largest absolute Gasteiger partial charge is 0.497 e. The molecule has 1 unspecified atom stereocenters. The van der Waals surface area contributed by atoms with Gasteiger partial charge in [-0.1, -0.05) is 30.0 Å². The summed E-state index contributed by atoms with van der Waals surface area (Å²) in [5.74, 6) is 1.28. The number of aromatic nitrogens is 3. The minimum atomic E-state index is 0.103. The van der Waals surface area contributed by atoms with Gasteiger partial charge in [0.15, 0.2) is 5.16 Å². The highest BCUT2D eigenvalue weighted by molar-refractivity contribution is 7.99. The van der Waals surface area contributed by atoms with Crippen molar-refractivity contribution >= 4 is 17.7 Å². The molecule has 1 saturated heterocycles. The summed E-state index contributed by atoms with van der Waals surface area (Å²) in [6.07, 6.45) is 3.69. The molecule has 1 amide bonds. The van der Waals surface area contributed by atoms with Crippen molar-refractivity contribution in [3.05, 3.63) is 65.5 Å².